The van der Waals surface area contributed by atoms with Crippen molar-refractivity contribution in [3.05, 3.63) is 94.3 Å². The molecule has 2 heterocycles. The van der Waals surface area contributed by atoms with Crippen LogP contribution >= 0.6 is 11.6 Å². The number of benzene rings is 2. The van der Waals surface area contributed by atoms with Gasteiger partial charge in [0, 0.05) is 43.6 Å². The predicted molar refractivity (Wildman–Crippen MR) is 121 cm³/mol. The number of piperazine rings is 1. The number of rotatable bonds is 4. The third-order valence-corrected chi connectivity index (χ3v) is 5.85. The number of pyridine rings is 1. The number of halogens is 1. The molecule has 1 aromatic heterocycles. The van der Waals surface area contributed by atoms with Crippen molar-refractivity contribution in [2.75, 3.05) is 31.9 Å². The highest BCUT2D eigenvalue weighted by Crippen LogP contribution is 2.34. The van der Waals surface area contributed by atoms with Crippen LogP contribution in [0.1, 0.15) is 33.1 Å². The molecule has 3 aromatic rings. The van der Waals surface area contributed by atoms with E-state index in [4.69, 9.17) is 17.3 Å². The Hall–Kier alpha value is -3.40. The number of amides is 1. The molecule has 1 amide bonds. The van der Waals surface area contributed by atoms with Crippen LogP contribution in [0, 0.1) is 11.3 Å². The van der Waals surface area contributed by atoms with Crippen LogP contribution in [-0.4, -0.2) is 46.9 Å². The van der Waals surface area contributed by atoms with E-state index in [0.29, 0.717) is 48.0 Å². The molecule has 0 radical (unpaired) electrons. The van der Waals surface area contributed by atoms with Crippen LogP contribution in [0.3, 0.4) is 0 Å². The van der Waals surface area contributed by atoms with Crippen molar-refractivity contribution < 1.29 is 4.79 Å². The molecule has 1 aliphatic rings. The van der Waals surface area contributed by atoms with Crippen LogP contribution in [0.4, 0.5) is 5.69 Å². The van der Waals surface area contributed by atoms with Crippen molar-refractivity contribution in [2.24, 2.45) is 0 Å². The van der Waals surface area contributed by atoms with Crippen molar-refractivity contribution in [1.29, 1.82) is 5.26 Å². The van der Waals surface area contributed by atoms with Crippen LogP contribution in [-0.2, 0) is 0 Å². The minimum Gasteiger partial charge on any atom is -0.397 e. The lowest BCUT2D eigenvalue weighted by molar-refractivity contribution is 0.0597. The summed E-state index contributed by atoms with van der Waals surface area (Å²) in [5, 5.41) is 10.00. The van der Waals surface area contributed by atoms with Crippen LogP contribution in [0.5, 0.6) is 0 Å². The van der Waals surface area contributed by atoms with Gasteiger partial charge in [-0.2, -0.15) is 5.26 Å². The summed E-state index contributed by atoms with van der Waals surface area (Å²) in [5.41, 5.74) is 9.31. The van der Waals surface area contributed by atoms with Gasteiger partial charge in [0.2, 0.25) is 0 Å². The highest BCUT2D eigenvalue weighted by Gasteiger charge is 2.30. The minimum atomic E-state index is -0.103. The summed E-state index contributed by atoms with van der Waals surface area (Å²) in [6.45, 7) is 2.50. The van der Waals surface area contributed by atoms with Gasteiger partial charge >= 0.3 is 0 Å². The van der Waals surface area contributed by atoms with Crippen molar-refractivity contribution in [2.45, 2.75) is 6.04 Å². The molecule has 0 aliphatic carbocycles. The van der Waals surface area contributed by atoms with Gasteiger partial charge in [-0.3, -0.25) is 14.7 Å². The first-order valence-corrected chi connectivity index (χ1v) is 10.4. The molecule has 156 valence electrons. The normalized spacial score (nSPS) is 15.3. The number of hydrogen-bond acceptors (Lipinski definition) is 5. The van der Waals surface area contributed by atoms with Gasteiger partial charge in [0.15, 0.2) is 0 Å². The largest absolute Gasteiger partial charge is 0.397 e. The number of carbonyl (C=O) groups is 1. The Labute approximate surface area is 186 Å². The number of nitrogen functional groups attached to an aromatic ring is 1. The zero-order valence-electron chi connectivity index (χ0n) is 16.9. The van der Waals surface area contributed by atoms with Gasteiger partial charge in [-0.05, 0) is 35.4 Å². The van der Waals surface area contributed by atoms with Gasteiger partial charge in [0.05, 0.1) is 28.9 Å². The first-order chi connectivity index (χ1) is 15.1. The number of hydrogen-bond donors (Lipinski definition) is 1. The first kappa shape index (κ1) is 20.9. The predicted octanol–water partition coefficient (Wildman–Crippen LogP) is 3.74. The van der Waals surface area contributed by atoms with E-state index in [-0.39, 0.29) is 11.9 Å². The standard InChI is InChI=1S/C24H22ClN5O/c25-22-7-6-17(14-26)12-21(22)23(18-4-2-1-3-5-18)29-8-10-30(11-9-29)24(31)19-13-20(27)16-28-15-19/h1-7,12-13,15-16,23H,8-11,27H2. The summed E-state index contributed by atoms with van der Waals surface area (Å²) < 4.78 is 0. The Kier molecular flexibility index (Phi) is 6.17. The van der Waals surface area contributed by atoms with Crippen molar-refractivity contribution >= 4 is 23.2 Å². The van der Waals surface area contributed by atoms with Gasteiger partial charge < -0.3 is 10.6 Å². The molecule has 31 heavy (non-hydrogen) atoms. The van der Waals surface area contributed by atoms with Crippen LogP contribution < -0.4 is 5.73 Å². The maximum atomic E-state index is 12.9. The SMILES string of the molecule is N#Cc1ccc(Cl)c(C(c2ccccc2)N2CCN(C(=O)c3cncc(N)c3)CC2)c1. The molecule has 4 rings (SSSR count). The second-order valence-corrected chi connectivity index (χ2v) is 7.90. The van der Waals surface area contributed by atoms with E-state index in [1.54, 1.807) is 24.4 Å². The Morgan fingerprint density at radius 3 is 2.48 bits per heavy atom. The zero-order valence-corrected chi connectivity index (χ0v) is 17.7. The molecular weight excluding hydrogens is 410 g/mol. The fraction of sp³-hybridized carbons (Fsp3) is 0.208. The summed E-state index contributed by atoms with van der Waals surface area (Å²) >= 11 is 6.57. The molecule has 6 nitrogen and oxygen atoms in total. The maximum absolute atomic E-state index is 12.9. The fourth-order valence-corrected chi connectivity index (χ4v) is 4.21. The van der Waals surface area contributed by atoms with E-state index in [1.165, 1.54) is 6.20 Å². The van der Waals surface area contributed by atoms with E-state index in [9.17, 15) is 10.1 Å². The van der Waals surface area contributed by atoms with Crippen LogP contribution in [0.15, 0.2) is 67.0 Å². The van der Waals surface area contributed by atoms with Crippen molar-refractivity contribution in [3.8, 4) is 6.07 Å². The van der Waals surface area contributed by atoms with Gasteiger partial charge in [-0.15, -0.1) is 0 Å². The third kappa shape index (κ3) is 4.53. The van der Waals surface area contributed by atoms with E-state index in [2.05, 4.69) is 28.1 Å². The summed E-state index contributed by atoms with van der Waals surface area (Å²) in [5.74, 6) is -0.0692. The molecular formula is C24H22ClN5O. The van der Waals surface area contributed by atoms with Gasteiger partial charge in [-0.25, -0.2) is 0 Å². The highest BCUT2D eigenvalue weighted by atomic mass is 35.5. The minimum absolute atomic E-state index is 0.0692. The van der Waals surface area contributed by atoms with Crippen LogP contribution in [0.25, 0.3) is 0 Å². The van der Waals surface area contributed by atoms with Gasteiger partial charge in [0.25, 0.3) is 5.91 Å². The average Bonchev–Trinajstić information content (AvgIpc) is 2.81. The lowest BCUT2D eigenvalue weighted by Gasteiger charge is -2.40. The lowest BCUT2D eigenvalue weighted by atomic mass is 9.95. The third-order valence-electron chi connectivity index (χ3n) is 5.51. The second-order valence-electron chi connectivity index (χ2n) is 7.50. The highest BCUT2D eigenvalue weighted by molar-refractivity contribution is 6.31. The van der Waals surface area contributed by atoms with Gasteiger partial charge in [0.1, 0.15) is 0 Å². The molecule has 1 saturated heterocycles. The number of aromatic nitrogens is 1. The number of carbonyl (C=O) groups excluding carboxylic acids is 1. The van der Waals surface area contributed by atoms with Crippen molar-refractivity contribution in [3.63, 3.8) is 0 Å². The summed E-state index contributed by atoms with van der Waals surface area (Å²) in [7, 11) is 0. The number of nitriles is 1. The first-order valence-electron chi connectivity index (χ1n) is 10.0. The Bertz CT molecular complexity index is 1120. The molecule has 0 saturated carbocycles. The van der Waals surface area contributed by atoms with E-state index in [1.807, 2.05) is 29.2 Å². The van der Waals surface area contributed by atoms with E-state index < -0.39 is 0 Å². The molecule has 1 fully saturated rings. The van der Waals surface area contributed by atoms with E-state index in [0.717, 1.165) is 11.1 Å². The molecule has 0 spiro atoms. The number of nitrogens with zero attached hydrogens (tertiary/aromatic N) is 4. The smallest absolute Gasteiger partial charge is 0.255 e. The Morgan fingerprint density at radius 2 is 1.81 bits per heavy atom. The number of anilines is 1. The maximum Gasteiger partial charge on any atom is 0.255 e. The summed E-state index contributed by atoms with van der Waals surface area (Å²) in [6, 6.07) is 19.2. The monoisotopic (exact) mass is 431 g/mol. The molecule has 2 N–H and O–H groups in total. The van der Waals surface area contributed by atoms with Crippen molar-refractivity contribution in [1.82, 2.24) is 14.8 Å². The second kappa shape index (κ2) is 9.17. The Morgan fingerprint density at radius 1 is 1.06 bits per heavy atom. The van der Waals surface area contributed by atoms with E-state index >= 15 is 0 Å². The van der Waals surface area contributed by atoms with Gasteiger partial charge in [-0.1, -0.05) is 41.9 Å². The fourth-order valence-electron chi connectivity index (χ4n) is 3.99. The quantitative estimate of drug-likeness (QED) is 0.680. The zero-order chi connectivity index (χ0) is 21.8. The number of nitrogens with two attached hydrogens (primary N) is 1. The topological polar surface area (TPSA) is 86.2 Å². The lowest BCUT2D eigenvalue weighted by Crippen LogP contribution is -2.50. The molecule has 1 atom stereocenters. The van der Waals surface area contributed by atoms with Crippen LogP contribution in [0.2, 0.25) is 5.02 Å². The molecule has 7 heteroatoms. The molecule has 2 aromatic carbocycles. The molecule has 0 bridgehead atoms. The summed E-state index contributed by atoms with van der Waals surface area (Å²) in [4.78, 5) is 21.0. The molecule has 1 unspecified atom stereocenters. The average molecular weight is 432 g/mol. The molecule has 1 aliphatic heterocycles. The summed E-state index contributed by atoms with van der Waals surface area (Å²) in [6.07, 6.45) is 3.07. The Balaban J connectivity index is 1.59.